The Morgan fingerprint density at radius 3 is 2.86 bits per heavy atom. The number of carbonyl (C=O) groups excluding carboxylic acids is 1. The van der Waals surface area contributed by atoms with Crippen molar-refractivity contribution in [1.29, 1.82) is 0 Å². The standard InChI is InChI=1S/C20H22N4O3S/c1-26-16-5-2-4-15(12-16)21-20(25)24-9-7-23(8-10-24)13-19-22-17(14-28-19)18-6-3-11-27-18/h2-6,11-12,14H,7-10,13H2,1H3,(H,21,25). The molecule has 28 heavy (non-hydrogen) atoms. The molecule has 1 N–H and O–H groups in total. The van der Waals surface area contributed by atoms with Crippen molar-refractivity contribution in [2.75, 3.05) is 38.6 Å². The zero-order chi connectivity index (χ0) is 19.3. The van der Waals surface area contributed by atoms with E-state index in [4.69, 9.17) is 9.15 Å². The summed E-state index contributed by atoms with van der Waals surface area (Å²) in [6.07, 6.45) is 1.66. The second-order valence-electron chi connectivity index (χ2n) is 6.53. The maximum absolute atomic E-state index is 12.5. The first-order valence-electron chi connectivity index (χ1n) is 9.12. The fraction of sp³-hybridized carbons (Fsp3) is 0.300. The van der Waals surface area contributed by atoms with Crippen molar-refractivity contribution in [1.82, 2.24) is 14.8 Å². The van der Waals surface area contributed by atoms with Crippen molar-refractivity contribution >= 4 is 23.1 Å². The summed E-state index contributed by atoms with van der Waals surface area (Å²) in [5.74, 6) is 1.52. The quantitative estimate of drug-likeness (QED) is 0.709. The average Bonchev–Trinajstić information content (AvgIpc) is 3.40. The molecule has 2 aromatic heterocycles. The summed E-state index contributed by atoms with van der Waals surface area (Å²) in [4.78, 5) is 21.3. The number of methoxy groups -OCH3 is 1. The minimum Gasteiger partial charge on any atom is -0.497 e. The smallest absolute Gasteiger partial charge is 0.321 e. The second kappa shape index (κ2) is 8.45. The van der Waals surface area contributed by atoms with Crippen LogP contribution < -0.4 is 10.1 Å². The number of anilines is 1. The molecule has 0 bridgehead atoms. The molecular weight excluding hydrogens is 376 g/mol. The third kappa shape index (κ3) is 4.35. The molecule has 1 saturated heterocycles. The molecule has 0 atom stereocenters. The Labute approximate surface area is 167 Å². The summed E-state index contributed by atoms with van der Waals surface area (Å²) in [6, 6.07) is 11.1. The van der Waals surface area contributed by atoms with Gasteiger partial charge >= 0.3 is 6.03 Å². The normalized spacial score (nSPS) is 14.8. The number of nitrogens with zero attached hydrogens (tertiary/aromatic N) is 3. The van der Waals surface area contributed by atoms with Gasteiger partial charge in [-0.3, -0.25) is 4.90 Å². The Balaban J connectivity index is 1.28. The lowest BCUT2D eigenvalue weighted by Crippen LogP contribution is -2.49. The maximum Gasteiger partial charge on any atom is 0.321 e. The third-order valence-electron chi connectivity index (χ3n) is 4.66. The summed E-state index contributed by atoms with van der Waals surface area (Å²) < 4.78 is 10.6. The van der Waals surface area contributed by atoms with Gasteiger partial charge in [-0.1, -0.05) is 6.07 Å². The molecule has 7 nitrogen and oxygen atoms in total. The van der Waals surface area contributed by atoms with Gasteiger partial charge in [0.15, 0.2) is 5.76 Å². The van der Waals surface area contributed by atoms with E-state index < -0.39 is 0 Å². The molecule has 0 unspecified atom stereocenters. The zero-order valence-electron chi connectivity index (χ0n) is 15.6. The Kier molecular flexibility index (Phi) is 5.59. The molecule has 3 heterocycles. The molecule has 8 heteroatoms. The lowest BCUT2D eigenvalue weighted by Gasteiger charge is -2.34. The molecule has 2 amide bonds. The van der Waals surface area contributed by atoms with Crippen LogP contribution in [0.15, 0.2) is 52.5 Å². The Morgan fingerprint density at radius 1 is 1.25 bits per heavy atom. The van der Waals surface area contributed by atoms with Crippen LogP contribution in [0, 0.1) is 0 Å². The van der Waals surface area contributed by atoms with E-state index in [1.54, 1.807) is 24.7 Å². The van der Waals surface area contributed by atoms with Gasteiger partial charge in [0.1, 0.15) is 16.5 Å². The van der Waals surface area contributed by atoms with Gasteiger partial charge in [0.25, 0.3) is 0 Å². The first-order valence-corrected chi connectivity index (χ1v) is 10.00. The van der Waals surface area contributed by atoms with Crippen LogP contribution in [0.3, 0.4) is 0 Å². The maximum atomic E-state index is 12.5. The molecule has 146 valence electrons. The second-order valence-corrected chi connectivity index (χ2v) is 7.47. The van der Waals surface area contributed by atoms with Crippen LogP contribution in [-0.4, -0.2) is 54.1 Å². The SMILES string of the molecule is COc1cccc(NC(=O)N2CCN(Cc3nc(-c4ccco4)cs3)CC2)c1. The molecule has 1 fully saturated rings. The average molecular weight is 398 g/mol. The highest BCUT2D eigenvalue weighted by Gasteiger charge is 2.22. The van der Waals surface area contributed by atoms with E-state index in [0.717, 1.165) is 47.5 Å². The Morgan fingerprint density at radius 2 is 2.11 bits per heavy atom. The van der Waals surface area contributed by atoms with E-state index in [1.807, 2.05) is 46.7 Å². The molecule has 0 saturated carbocycles. The number of amides is 2. The number of benzene rings is 1. The van der Waals surface area contributed by atoms with Crippen LogP contribution in [0.5, 0.6) is 5.75 Å². The van der Waals surface area contributed by atoms with Gasteiger partial charge in [-0.25, -0.2) is 9.78 Å². The summed E-state index contributed by atoms with van der Waals surface area (Å²) in [5.41, 5.74) is 1.61. The van der Waals surface area contributed by atoms with Crippen molar-refractivity contribution in [2.24, 2.45) is 0 Å². The largest absolute Gasteiger partial charge is 0.497 e. The zero-order valence-corrected chi connectivity index (χ0v) is 16.4. The number of rotatable bonds is 5. The molecule has 0 aliphatic carbocycles. The molecule has 1 aliphatic rings. The lowest BCUT2D eigenvalue weighted by molar-refractivity contribution is 0.143. The van der Waals surface area contributed by atoms with Gasteiger partial charge in [0, 0.05) is 43.3 Å². The lowest BCUT2D eigenvalue weighted by atomic mass is 10.3. The number of urea groups is 1. The first-order chi connectivity index (χ1) is 13.7. The van der Waals surface area contributed by atoms with Crippen LogP contribution in [0.1, 0.15) is 5.01 Å². The number of piperazine rings is 1. The van der Waals surface area contributed by atoms with E-state index in [0.29, 0.717) is 13.1 Å². The van der Waals surface area contributed by atoms with Crippen molar-refractivity contribution in [3.8, 4) is 17.2 Å². The number of carbonyl (C=O) groups is 1. The number of furan rings is 1. The van der Waals surface area contributed by atoms with Gasteiger partial charge in [-0.15, -0.1) is 11.3 Å². The van der Waals surface area contributed by atoms with Crippen LogP contribution in [0.25, 0.3) is 11.5 Å². The third-order valence-corrected chi connectivity index (χ3v) is 5.50. The van der Waals surface area contributed by atoms with Crippen LogP contribution in [0.4, 0.5) is 10.5 Å². The van der Waals surface area contributed by atoms with E-state index in [-0.39, 0.29) is 6.03 Å². The summed E-state index contributed by atoms with van der Waals surface area (Å²) in [6.45, 7) is 3.80. The summed E-state index contributed by atoms with van der Waals surface area (Å²) in [5, 5.41) is 6.01. The number of hydrogen-bond acceptors (Lipinski definition) is 6. The number of thiazole rings is 1. The highest BCUT2D eigenvalue weighted by molar-refractivity contribution is 7.09. The van der Waals surface area contributed by atoms with E-state index >= 15 is 0 Å². The van der Waals surface area contributed by atoms with Gasteiger partial charge < -0.3 is 19.4 Å². The molecule has 1 aromatic carbocycles. The van der Waals surface area contributed by atoms with Crippen molar-refractivity contribution in [3.05, 3.63) is 53.0 Å². The highest BCUT2D eigenvalue weighted by atomic mass is 32.1. The molecule has 1 aliphatic heterocycles. The number of nitrogens with one attached hydrogen (secondary N) is 1. The minimum absolute atomic E-state index is 0.0812. The molecular formula is C20H22N4O3S. The van der Waals surface area contributed by atoms with Gasteiger partial charge in [0.2, 0.25) is 0 Å². The molecule has 4 rings (SSSR count). The van der Waals surface area contributed by atoms with Crippen LogP contribution >= 0.6 is 11.3 Å². The molecule has 0 radical (unpaired) electrons. The first kappa shape index (κ1) is 18.5. The Hall–Kier alpha value is -2.84. The van der Waals surface area contributed by atoms with Crippen LogP contribution in [-0.2, 0) is 6.54 Å². The minimum atomic E-state index is -0.0812. The van der Waals surface area contributed by atoms with E-state index in [1.165, 1.54) is 0 Å². The fourth-order valence-corrected chi connectivity index (χ4v) is 3.95. The monoisotopic (exact) mass is 398 g/mol. The van der Waals surface area contributed by atoms with Crippen molar-refractivity contribution in [3.63, 3.8) is 0 Å². The molecule has 0 spiro atoms. The van der Waals surface area contributed by atoms with Gasteiger partial charge in [-0.05, 0) is 24.3 Å². The van der Waals surface area contributed by atoms with Gasteiger partial charge in [-0.2, -0.15) is 0 Å². The molecule has 3 aromatic rings. The number of aromatic nitrogens is 1. The Bertz CT molecular complexity index is 917. The highest BCUT2D eigenvalue weighted by Crippen LogP contribution is 2.23. The summed E-state index contributed by atoms with van der Waals surface area (Å²) in [7, 11) is 1.61. The van der Waals surface area contributed by atoms with Crippen LogP contribution in [0.2, 0.25) is 0 Å². The topological polar surface area (TPSA) is 70.8 Å². The van der Waals surface area contributed by atoms with Crippen molar-refractivity contribution in [2.45, 2.75) is 6.54 Å². The number of hydrogen-bond donors (Lipinski definition) is 1. The summed E-state index contributed by atoms with van der Waals surface area (Å²) >= 11 is 1.64. The van der Waals surface area contributed by atoms with E-state index in [9.17, 15) is 4.79 Å². The van der Waals surface area contributed by atoms with Gasteiger partial charge in [0.05, 0.1) is 19.9 Å². The predicted octanol–water partition coefficient (Wildman–Crippen LogP) is 3.76. The predicted molar refractivity (Wildman–Crippen MR) is 109 cm³/mol. The van der Waals surface area contributed by atoms with Crippen molar-refractivity contribution < 1.29 is 13.9 Å². The fourth-order valence-electron chi connectivity index (χ4n) is 3.12. The number of ether oxygens (including phenoxy) is 1. The van der Waals surface area contributed by atoms with E-state index in [2.05, 4.69) is 15.2 Å².